The van der Waals surface area contributed by atoms with E-state index in [4.69, 9.17) is 14.2 Å². The monoisotopic (exact) mass is 384 g/mol. The van der Waals surface area contributed by atoms with Gasteiger partial charge in [-0.3, -0.25) is 4.79 Å². The predicted molar refractivity (Wildman–Crippen MR) is 108 cm³/mol. The summed E-state index contributed by atoms with van der Waals surface area (Å²) in [6, 6.07) is 11.0. The molecule has 0 bridgehead atoms. The third-order valence-electron chi connectivity index (χ3n) is 5.81. The van der Waals surface area contributed by atoms with Crippen molar-refractivity contribution in [1.29, 1.82) is 0 Å². The van der Waals surface area contributed by atoms with Gasteiger partial charge in [-0.15, -0.1) is 0 Å². The Kier molecular flexibility index (Phi) is 6.25. The molecule has 3 unspecified atom stereocenters. The topological polar surface area (TPSA) is 65.0 Å². The molecule has 1 fully saturated rings. The van der Waals surface area contributed by atoms with Crippen molar-refractivity contribution in [3.05, 3.63) is 53.1 Å². The van der Waals surface area contributed by atoms with Crippen LogP contribution in [-0.4, -0.2) is 38.3 Å². The molecular weight excluding hydrogens is 356 g/mol. The van der Waals surface area contributed by atoms with Crippen molar-refractivity contribution >= 4 is 5.78 Å². The Labute approximate surface area is 166 Å². The number of aromatic hydroxyl groups is 1. The smallest absolute Gasteiger partial charge is 0.170 e. The lowest BCUT2D eigenvalue weighted by molar-refractivity contribution is 0.0429. The number of Topliss-reactive ketones (excluding diaryl/α,β-unsaturated/α-hetero) is 1. The Morgan fingerprint density at radius 3 is 2.46 bits per heavy atom. The average molecular weight is 384 g/mol. The molecule has 0 aliphatic heterocycles. The van der Waals surface area contributed by atoms with E-state index in [0.29, 0.717) is 17.1 Å². The molecule has 1 N–H and O–H groups in total. The fraction of sp³-hybridized carbons (Fsp3) is 0.435. The van der Waals surface area contributed by atoms with Crippen molar-refractivity contribution in [3.8, 4) is 17.2 Å². The molecule has 0 aromatic heterocycles. The Hall–Kier alpha value is -2.53. The van der Waals surface area contributed by atoms with E-state index in [1.54, 1.807) is 45.6 Å². The van der Waals surface area contributed by atoms with Crippen LogP contribution in [0, 0.1) is 12.8 Å². The molecule has 3 rings (SSSR count). The molecule has 2 aromatic rings. The van der Waals surface area contributed by atoms with Crippen molar-refractivity contribution in [2.75, 3.05) is 21.3 Å². The van der Waals surface area contributed by atoms with Crippen molar-refractivity contribution in [3.63, 3.8) is 0 Å². The van der Waals surface area contributed by atoms with E-state index in [0.717, 1.165) is 30.4 Å². The van der Waals surface area contributed by atoms with Crippen molar-refractivity contribution in [1.82, 2.24) is 0 Å². The van der Waals surface area contributed by atoms with Crippen molar-refractivity contribution < 1.29 is 24.1 Å². The third-order valence-corrected chi connectivity index (χ3v) is 5.81. The summed E-state index contributed by atoms with van der Waals surface area (Å²) in [5.41, 5.74) is 2.31. The van der Waals surface area contributed by atoms with E-state index < -0.39 is 0 Å². The second-order valence-corrected chi connectivity index (χ2v) is 7.36. The number of hydrogen-bond donors (Lipinski definition) is 1. The summed E-state index contributed by atoms with van der Waals surface area (Å²) in [7, 11) is 4.86. The zero-order valence-corrected chi connectivity index (χ0v) is 16.9. The van der Waals surface area contributed by atoms with Gasteiger partial charge >= 0.3 is 0 Å². The summed E-state index contributed by atoms with van der Waals surface area (Å²) in [4.78, 5) is 13.5. The van der Waals surface area contributed by atoms with Gasteiger partial charge in [0.25, 0.3) is 0 Å². The van der Waals surface area contributed by atoms with Crippen LogP contribution in [0.15, 0.2) is 36.4 Å². The van der Waals surface area contributed by atoms with Crippen LogP contribution in [0.4, 0.5) is 0 Å². The molecule has 150 valence electrons. The van der Waals surface area contributed by atoms with E-state index >= 15 is 0 Å². The summed E-state index contributed by atoms with van der Waals surface area (Å²) >= 11 is 0. The molecule has 3 atom stereocenters. The highest BCUT2D eigenvalue weighted by Gasteiger charge is 2.37. The van der Waals surface area contributed by atoms with Gasteiger partial charge in [-0.2, -0.15) is 0 Å². The number of phenols is 1. The molecule has 1 saturated carbocycles. The maximum Gasteiger partial charge on any atom is 0.170 e. The van der Waals surface area contributed by atoms with Gasteiger partial charge in [-0.25, -0.2) is 0 Å². The van der Waals surface area contributed by atoms with E-state index in [9.17, 15) is 9.90 Å². The normalized spacial score (nSPS) is 21.9. The summed E-state index contributed by atoms with van der Waals surface area (Å²) < 4.78 is 16.3. The minimum atomic E-state index is -0.213. The number of phenolic OH excluding ortho intramolecular Hbond substituents is 1. The number of ether oxygens (including phenoxy) is 3. The van der Waals surface area contributed by atoms with Gasteiger partial charge in [0, 0.05) is 13.0 Å². The highest BCUT2D eigenvalue weighted by molar-refractivity contribution is 6.01. The first-order chi connectivity index (χ1) is 13.5. The van der Waals surface area contributed by atoms with Crippen LogP contribution in [0.5, 0.6) is 17.2 Å². The SMILES string of the molecule is COc1ccc(OC)c(C(=O)C2CCC(OC)CC2c2ccc(C)c(O)c2)c1. The summed E-state index contributed by atoms with van der Waals surface area (Å²) in [6.07, 6.45) is 2.39. The maximum atomic E-state index is 13.5. The van der Waals surface area contributed by atoms with Crippen molar-refractivity contribution in [2.24, 2.45) is 5.92 Å². The number of carbonyl (C=O) groups is 1. The number of methoxy groups -OCH3 is 3. The molecule has 0 amide bonds. The van der Waals surface area contributed by atoms with Gasteiger partial charge in [0.15, 0.2) is 5.78 Å². The first kappa shape index (κ1) is 20.2. The Morgan fingerprint density at radius 1 is 1.04 bits per heavy atom. The van der Waals surface area contributed by atoms with E-state index in [-0.39, 0.29) is 29.5 Å². The highest BCUT2D eigenvalue weighted by atomic mass is 16.5. The Bertz CT molecular complexity index is 845. The summed E-state index contributed by atoms with van der Waals surface area (Å²) in [5, 5.41) is 10.2. The molecule has 1 aliphatic rings. The second-order valence-electron chi connectivity index (χ2n) is 7.36. The number of benzene rings is 2. The average Bonchev–Trinajstić information content (AvgIpc) is 2.74. The number of aryl methyl sites for hydroxylation is 1. The minimum Gasteiger partial charge on any atom is -0.508 e. The van der Waals surface area contributed by atoms with Gasteiger partial charge in [-0.05, 0) is 67.5 Å². The zero-order valence-electron chi connectivity index (χ0n) is 16.9. The Morgan fingerprint density at radius 2 is 1.82 bits per heavy atom. The fourth-order valence-electron chi connectivity index (χ4n) is 4.09. The summed E-state index contributed by atoms with van der Waals surface area (Å²) in [6.45, 7) is 1.86. The highest BCUT2D eigenvalue weighted by Crippen LogP contribution is 2.43. The van der Waals surface area contributed by atoms with Crippen LogP contribution in [0.1, 0.15) is 46.7 Å². The van der Waals surface area contributed by atoms with Crippen LogP contribution in [0.25, 0.3) is 0 Å². The second kappa shape index (κ2) is 8.65. The van der Waals surface area contributed by atoms with Gasteiger partial charge in [0.05, 0.1) is 25.9 Å². The van der Waals surface area contributed by atoms with Crippen LogP contribution >= 0.6 is 0 Å². The zero-order chi connectivity index (χ0) is 20.3. The molecule has 2 aromatic carbocycles. The number of rotatable bonds is 6. The molecular formula is C23H28O5. The Balaban J connectivity index is 2.00. The lowest BCUT2D eigenvalue weighted by Crippen LogP contribution is -2.32. The quantitative estimate of drug-likeness (QED) is 0.743. The van der Waals surface area contributed by atoms with Gasteiger partial charge in [0.1, 0.15) is 17.2 Å². The molecule has 28 heavy (non-hydrogen) atoms. The molecule has 0 saturated heterocycles. The number of ketones is 1. The van der Waals surface area contributed by atoms with E-state index in [1.165, 1.54) is 0 Å². The fourth-order valence-corrected chi connectivity index (χ4v) is 4.09. The molecule has 0 spiro atoms. The molecule has 1 aliphatic carbocycles. The van der Waals surface area contributed by atoms with Crippen LogP contribution in [0.3, 0.4) is 0 Å². The van der Waals surface area contributed by atoms with Crippen LogP contribution in [-0.2, 0) is 4.74 Å². The van der Waals surface area contributed by atoms with Crippen LogP contribution < -0.4 is 9.47 Å². The summed E-state index contributed by atoms with van der Waals surface area (Å²) in [5.74, 6) is 1.21. The van der Waals surface area contributed by atoms with Gasteiger partial charge in [-0.1, -0.05) is 12.1 Å². The lowest BCUT2D eigenvalue weighted by atomic mass is 9.71. The van der Waals surface area contributed by atoms with Gasteiger partial charge < -0.3 is 19.3 Å². The standard InChI is InChI=1S/C23H28O5/c1-14-5-6-15(11-21(14)24)19-12-16(26-2)7-9-18(19)23(25)20-13-17(27-3)8-10-22(20)28-4/h5-6,8,10-11,13,16,18-19,24H,7,9,12H2,1-4H3. The largest absolute Gasteiger partial charge is 0.508 e. The molecule has 5 nitrogen and oxygen atoms in total. The third kappa shape index (κ3) is 3.99. The first-order valence-corrected chi connectivity index (χ1v) is 9.57. The predicted octanol–water partition coefficient (Wildman–Crippen LogP) is 4.50. The van der Waals surface area contributed by atoms with Crippen LogP contribution in [0.2, 0.25) is 0 Å². The lowest BCUT2D eigenvalue weighted by Gasteiger charge is -2.35. The van der Waals surface area contributed by atoms with Crippen molar-refractivity contribution in [2.45, 2.75) is 38.2 Å². The maximum absolute atomic E-state index is 13.5. The van der Waals surface area contributed by atoms with E-state index in [1.807, 2.05) is 19.1 Å². The molecule has 5 heteroatoms. The number of carbonyl (C=O) groups excluding carboxylic acids is 1. The molecule has 0 heterocycles. The minimum absolute atomic E-state index is 0.0337. The molecule has 0 radical (unpaired) electrons. The van der Waals surface area contributed by atoms with Gasteiger partial charge in [0.2, 0.25) is 0 Å². The van der Waals surface area contributed by atoms with E-state index in [2.05, 4.69) is 0 Å². The first-order valence-electron chi connectivity index (χ1n) is 9.57. The number of hydrogen-bond acceptors (Lipinski definition) is 5.